The lowest BCUT2D eigenvalue weighted by molar-refractivity contribution is -0.139. The van der Waals surface area contributed by atoms with Crippen molar-refractivity contribution in [2.45, 2.75) is 24.5 Å². The number of amides is 2. The number of anilines is 1. The van der Waals surface area contributed by atoms with Gasteiger partial charge in [0.1, 0.15) is 5.60 Å². The molecule has 1 aromatic heterocycles. The molecular formula is C23H26N4O4. The summed E-state index contributed by atoms with van der Waals surface area (Å²) in [5.41, 5.74) is 2.10. The van der Waals surface area contributed by atoms with Crippen LogP contribution < -0.4 is 4.90 Å². The Bertz CT molecular complexity index is 1000. The highest BCUT2D eigenvalue weighted by molar-refractivity contribution is 6.03. The van der Waals surface area contributed by atoms with Crippen LogP contribution in [-0.2, 0) is 27.2 Å². The third kappa shape index (κ3) is 3.26. The molecule has 3 aliphatic rings. The van der Waals surface area contributed by atoms with Gasteiger partial charge in [-0.25, -0.2) is 0 Å². The summed E-state index contributed by atoms with van der Waals surface area (Å²) in [5.74, 6) is -1.14. The fraction of sp³-hybridized carbons (Fsp3) is 0.435. The van der Waals surface area contributed by atoms with Gasteiger partial charge in [0.15, 0.2) is 0 Å². The number of carbonyl (C=O) groups is 2. The van der Waals surface area contributed by atoms with Crippen molar-refractivity contribution in [2.75, 3.05) is 31.6 Å². The Morgan fingerprint density at radius 1 is 1.32 bits per heavy atom. The zero-order chi connectivity index (χ0) is 21.6. The standard InChI is InChI=1S/C23H26N4O4/c1-26(10-7-16-12-24-25-13-16)21(29)19-18-6-9-23(31-18)14-27(22(30)20(19)23)17-4-2-15(3-5-17)8-11-28/h2-6,9,12-13,18-20,28H,7-8,10-11,14H2,1H3,(H,24,25)/t18-,19-,20+,23-/m0/s1. The highest BCUT2D eigenvalue weighted by Crippen LogP contribution is 2.53. The number of H-pyrrole nitrogens is 1. The molecule has 0 aliphatic carbocycles. The Balaban J connectivity index is 1.34. The summed E-state index contributed by atoms with van der Waals surface area (Å²) in [6.07, 6.45) is 8.40. The van der Waals surface area contributed by atoms with E-state index in [0.717, 1.165) is 16.8 Å². The molecule has 8 heteroatoms. The lowest BCUT2D eigenvalue weighted by Gasteiger charge is -2.27. The molecule has 31 heavy (non-hydrogen) atoms. The molecule has 2 fully saturated rings. The number of hydrogen-bond donors (Lipinski definition) is 2. The predicted octanol–water partition coefficient (Wildman–Crippen LogP) is 0.932. The van der Waals surface area contributed by atoms with Crippen molar-refractivity contribution >= 4 is 17.5 Å². The van der Waals surface area contributed by atoms with Gasteiger partial charge in [-0.2, -0.15) is 5.10 Å². The number of aliphatic hydroxyl groups excluding tert-OH is 1. The van der Waals surface area contributed by atoms with E-state index in [1.54, 1.807) is 23.0 Å². The Kier molecular flexibility index (Phi) is 4.91. The van der Waals surface area contributed by atoms with E-state index in [-0.39, 0.29) is 24.5 Å². The molecule has 1 aromatic carbocycles. The van der Waals surface area contributed by atoms with Gasteiger partial charge in [-0.1, -0.05) is 24.3 Å². The van der Waals surface area contributed by atoms with E-state index in [9.17, 15) is 9.59 Å². The Labute approximate surface area is 180 Å². The Morgan fingerprint density at radius 2 is 2.13 bits per heavy atom. The number of rotatable bonds is 7. The maximum atomic E-state index is 13.5. The number of ether oxygens (including phenoxy) is 1. The minimum Gasteiger partial charge on any atom is -0.396 e. The molecular weight excluding hydrogens is 396 g/mol. The molecule has 2 bridgehead atoms. The number of nitrogens with zero attached hydrogens (tertiary/aromatic N) is 3. The zero-order valence-corrected chi connectivity index (χ0v) is 17.4. The average Bonchev–Trinajstić information content (AvgIpc) is 3.55. The van der Waals surface area contributed by atoms with Crippen LogP contribution >= 0.6 is 0 Å². The number of likely N-dealkylation sites (N-methyl/N-ethyl adjacent to an activating group) is 1. The van der Waals surface area contributed by atoms with Crippen LogP contribution in [0, 0.1) is 11.8 Å². The molecule has 4 atom stereocenters. The predicted molar refractivity (Wildman–Crippen MR) is 113 cm³/mol. The van der Waals surface area contributed by atoms with E-state index in [4.69, 9.17) is 9.84 Å². The monoisotopic (exact) mass is 422 g/mol. The van der Waals surface area contributed by atoms with Crippen LogP contribution in [0.3, 0.4) is 0 Å². The van der Waals surface area contributed by atoms with E-state index in [0.29, 0.717) is 25.9 Å². The van der Waals surface area contributed by atoms with Crippen LogP contribution in [0.4, 0.5) is 5.69 Å². The number of fused-ring (bicyclic) bond motifs is 1. The number of aromatic amines is 1. The SMILES string of the molecule is CN(CCc1cn[nH]c1)C(=O)[C@H]1[C@@H]2C=C[C@@]3(CN(c4ccc(CCO)cc4)C(=O)[C@@H]13)O2. The second kappa shape index (κ2) is 7.62. The van der Waals surface area contributed by atoms with Crippen LogP contribution in [0.2, 0.25) is 0 Å². The number of benzene rings is 1. The van der Waals surface area contributed by atoms with Gasteiger partial charge in [-0.05, 0) is 36.1 Å². The molecule has 2 saturated heterocycles. The number of aliphatic hydroxyl groups is 1. The summed E-state index contributed by atoms with van der Waals surface area (Å²) in [5, 5.41) is 15.8. The summed E-state index contributed by atoms with van der Waals surface area (Å²) in [7, 11) is 1.78. The lowest BCUT2D eigenvalue weighted by Crippen LogP contribution is -2.45. The molecule has 5 rings (SSSR count). The normalized spacial score (nSPS) is 28.4. The fourth-order valence-corrected chi connectivity index (χ4v) is 5.05. The first kappa shape index (κ1) is 20.0. The van der Waals surface area contributed by atoms with Crippen LogP contribution in [0.15, 0.2) is 48.8 Å². The second-order valence-electron chi connectivity index (χ2n) is 8.58. The largest absolute Gasteiger partial charge is 0.396 e. The molecule has 0 saturated carbocycles. The summed E-state index contributed by atoms with van der Waals surface area (Å²) >= 11 is 0. The van der Waals surface area contributed by atoms with Gasteiger partial charge < -0.3 is 19.6 Å². The summed E-state index contributed by atoms with van der Waals surface area (Å²) in [6, 6.07) is 7.63. The molecule has 0 unspecified atom stereocenters. The van der Waals surface area contributed by atoms with Gasteiger partial charge in [0.05, 0.1) is 30.7 Å². The van der Waals surface area contributed by atoms with Crippen molar-refractivity contribution in [2.24, 2.45) is 11.8 Å². The third-order valence-corrected chi connectivity index (χ3v) is 6.70. The van der Waals surface area contributed by atoms with Crippen LogP contribution in [0.1, 0.15) is 11.1 Å². The molecule has 0 radical (unpaired) electrons. The lowest BCUT2D eigenvalue weighted by atomic mass is 9.76. The first-order valence-corrected chi connectivity index (χ1v) is 10.6. The zero-order valence-electron chi connectivity index (χ0n) is 17.4. The smallest absolute Gasteiger partial charge is 0.234 e. The first-order chi connectivity index (χ1) is 15.0. The van der Waals surface area contributed by atoms with E-state index >= 15 is 0 Å². The molecule has 1 spiro atoms. The summed E-state index contributed by atoms with van der Waals surface area (Å²) in [6.45, 7) is 1.05. The van der Waals surface area contributed by atoms with E-state index in [2.05, 4.69) is 10.2 Å². The molecule has 8 nitrogen and oxygen atoms in total. The van der Waals surface area contributed by atoms with Gasteiger partial charge in [0, 0.05) is 32.1 Å². The van der Waals surface area contributed by atoms with Crippen molar-refractivity contribution < 1.29 is 19.4 Å². The van der Waals surface area contributed by atoms with Crippen molar-refractivity contribution in [3.8, 4) is 0 Å². The Morgan fingerprint density at radius 3 is 2.84 bits per heavy atom. The maximum absolute atomic E-state index is 13.5. The molecule has 2 aromatic rings. The third-order valence-electron chi connectivity index (χ3n) is 6.70. The van der Waals surface area contributed by atoms with Crippen molar-refractivity contribution in [1.82, 2.24) is 15.1 Å². The number of carbonyl (C=O) groups excluding carboxylic acids is 2. The van der Waals surface area contributed by atoms with Gasteiger partial charge in [0.2, 0.25) is 11.8 Å². The van der Waals surface area contributed by atoms with Crippen LogP contribution in [0.5, 0.6) is 0 Å². The topological polar surface area (TPSA) is 98.8 Å². The van der Waals surface area contributed by atoms with E-state index < -0.39 is 17.4 Å². The highest BCUT2D eigenvalue weighted by Gasteiger charge is 2.67. The second-order valence-corrected chi connectivity index (χ2v) is 8.58. The molecule has 162 valence electrons. The van der Waals surface area contributed by atoms with Gasteiger partial charge in [0.25, 0.3) is 0 Å². The van der Waals surface area contributed by atoms with Gasteiger partial charge in [-0.3, -0.25) is 14.7 Å². The fourth-order valence-electron chi connectivity index (χ4n) is 5.05. The molecule has 4 heterocycles. The average molecular weight is 422 g/mol. The molecule has 2 amide bonds. The Hall–Kier alpha value is -2.97. The number of hydrogen-bond acceptors (Lipinski definition) is 5. The molecule has 2 N–H and O–H groups in total. The first-order valence-electron chi connectivity index (χ1n) is 10.6. The minimum absolute atomic E-state index is 0.0572. The highest BCUT2D eigenvalue weighted by atomic mass is 16.5. The number of aromatic nitrogens is 2. The van der Waals surface area contributed by atoms with Gasteiger partial charge >= 0.3 is 0 Å². The minimum atomic E-state index is -0.739. The summed E-state index contributed by atoms with van der Waals surface area (Å²) in [4.78, 5) is 30.2. The van der Waals surface area contributed by atoms with E-state index in [1.165, 1.54) is 0 Å². The van der Waals surface area contributed by atoms with Crippen molar-refractivity contribution in [3.05, 3.63) is 59.9 Å². The van der Waals surface area contributed by atoms with E-state index in [1.807, 2.05) is 42.6 Å². The van der Waals surface area contributed by atoms with Crippen LogP contribution in [-0.4, -0.2) is 70.5 Å². The van der Waals surface area contributed by atoms with Crippen molar-refractivity contribution in [1.29, 1.82) is 0 Å². The quantitative estimate of drug-likeness (QED) is 0.647. The van der Waals surface area contributed by atoms with Gasteiger partial charge in [-0.15, -0.1) is 0 Å². The molecule has 3 aliphatic heterocycles. The van der Waals surface area contributed by atoms with Crippen LogP contribution in [0.25, 0.3) is 0 Å². The summed E-state index contributed by atoms with van der Waals surface area (Å²) < 4.78 is 6.23. The maximum Gasteiger partial charge on any atom is 0.234 e. The van der Waals surface area contributed by atoms with Crippen molar-refractivity contribution in [3.63, 3.8) is 0 Å². The number of nitrogens with one attached hydrogen (secondary N) is 1.